The quantitative estimate of drug-likeness (QED) is 0.313. The molecule has 4 aromatic rings. The van der Waals surface area contributed by atoms with E-state index in [1.165, 1.54) is 23.4 Å². The highest BCUT2D eigenvalue weighted by Crippen LogP contribution is 2.53. The second-order valence-corrected chi connectivity index (χ2v) is 10.4. The van der Waals surface area contributed by atoms with E-state index in [2.05, 4.69) is 19.1 Å². The number of benzene rings is 3. The number of anilines is 1. The highest BCUT2D eigenvalue weighted by molar-refractivity contribution is 8.15. The average Bonchev–Trinajstić information content (AvgIpc) is 3.46. The fourth-order valence-corrected chi connectivity index (χ4v) is 6.69. The Labute approximate surface area is 205 Å². The van der Waals surface area contributed by atoms with Gasteiger partial charge >= 0.3 is 0 Å². The molecule has 0 bridgehead atoms. The third-order valence-corrected chi connectivity index (χ3v) is 8.37. The lowest BCUT2D eigenvalue weighted by Crippen LogP contribution is -2.38. The average molecular weight is 495 g/mol. The van der Waals surface area contributed by atoms with Gasteiger partial charge in [-0.1, -0.05) is 66.4 Å². The van der Waals surface area contributed by atoms with E-state index in [-0.39, 0.29) is 5.56 Å². The molecule has 2 heterocycles. The van der Waals surface area contributed by atoms with Gasteiger partial charge in [-0.15, -0.1) is 0 Å². The lowest BCUT2D eigenvalue weighted by molar-refractivity contribution is 0.527. The number of halogens is 2. The molecule has 2 N–H and O–H groups in total. The predicted octanol–water partition coefficient (Wildman–Crippen LogP) is 6.64. The molecule has 5 rings (SSSR count). The largest absolute Gasteiger partial charge is 0.330 e. The maximum Gasteiger partial charge on any atom is 0.208 e. The van der Waals surface area contributed by atoms with Crippen molar-refractivity contribution >= 4 is 43.5 Å². The van der Waals surface area contributed by atoms with Crippen LogP contribution in [0, 0.1) is 11.6 Å². The van der Waals surface area contributed by atoms with Gasteiger partial charge in [0.25, 0.3) is 0 Å². The van der Waals surface area contributed by atoms with Gasteiger partial charge in [0.05, 0.1) is 10.2 Å². The van der Waals surface area contributed by atoms with Gasteiger partial charge in [-0.25, -0.2) is 18.8 Å². The van der Waals surface area contributed by atoms with Gasteiger partial charge < -0.3 is 5.73 Å². The van der Waals surface area contributed by atoms with E-state index in [1.54, 1.807) is 11.3 Å². The Morgan fingerprint density at radius 3 is 2.62 bits per heavy atom. The Balaban J connectivity index is 1.70. The van der Waals surface area contributed by atoms with Gasteiger partial charge in [0.15, 0.2) is 0 Å². The first-order chi connectivity index (χ1) is 16.5. The first-order valence-corrected chi connectivity index (χ1v) is 12.9. The monoisotopic (exact) mass is 494 g/mol. The molecule has 1 atom stereocenters. The maximum atomic E-state index is 14.8. The summed E-state index contributed by atoms with van der Waals surface area (Å²) in [4.78, 5) is 4.21. The zero-order valence-electron chi connectivity index (χ0n) is 18.7. The molecule has 0 fully saturated rings. The number of thioether (sulfide) groups is 1. The second-order valence-electron chi connectivity index (χ2n) is 8.14. The summed E-state index contributed by atoms with van der Waals surface area (Å²) >= 11 is 2.98. The molecule has 4 nitrogen and oxygen atoms in total. The molecule has 1 unspecified atom stereocenters. The smallest absolute Gasteiger partial charge is 0.208 e. The van der Waals surface area contributed by atoms with Crippen molar-refractivity contribution in [1.82, 2.24) is 4.98 Å². The van der Waals surface area contributed by atoms with E-state index in [4.69, 9.17) is 15.8 Å². The van der Waals surface area contributed by atoms with Crippen LogP contribution in [0.5, 0.6) is 0 Å². The van der Waals surface area contributed by atoms with Crippen LogP contribution in [0.15, 0.2) is 71.8 Å². The number of fused-ring (bicyclic) bond motifs is 1. The van der Waals surface area contributed by atoms with Crippen molar-refractivity contribution in [3.05, 3.63) is 95.1 Å². The topological polar surface area (TPSA) is 54.5 Å². The molecule has 34 heavy (non-hydrogen) atoms. The van der Waals surface area contributed by atoms with Crippen LogP contribution in [-0.4, -0.2) is 16.6 Å². The molecule has 0 saturated carbocycles. The van der Waals surface area contributed by atoms with Crippen molar-refractivity contribution in [2.75, 3.05) is 11.6 Å². The van der Waals surface area contributed by atoms with Crippen LogP contribution < -0.4 is 10.7 Å². The highest BCUT2D eigenvalue weighted by atomic mass is 32.2. The minimum Gasteiger partial charge on any atom is -0.330 e. The first kappa shape index (κ1) is 23.0. The summed E-state index contributed by atoms with van der Waals surface area (Å²) in [5.74, 6) is -1.01. The van der Waals surface area contributed by atoms with Gasteiger partial charge in [0.1, 0.15) is 21.5 Å². The van der Waals surface area contributed by atoms with Gasteiger partial charge in [-0.3, -0.25) is 0 Å². The number of hydrogen-bond donors (Lipinski definition) is 1. The number of aromatic nitrogens is 1. The number of thiazole rings is 1. The van der Waals surface area contributed by atoms with Gasteiger partial charge in [-0.2, -0.15) is 5.10 Å². The standard InChI is InChI=1S/C26H24F2N4S2/c1-2-17-9-12-22-23(15-17)33-25(30-22)32-26(13-6-14-29,18-7-4-3-5-8-18)34-24(31-32)20-16-19(27)10-11-21(20)28/h3-5,7-12,15-16H,2,6,13-14,29H2,1H3. The fraction of sp³-hybridized carbons (Fsp3) is 0.231. The van der Waals surface area contributed by atoms with Crippen molar-refractivity contribution < 1.29 is 8.78 Å². The molecule has 1 aromatic heterocycles. The van der Waals surface area contributed by atoms with Crippen molar-refractivity contribution in [1.29, 1.82) is 0 Å². The number of nitrogens with zero attached hydrogens (tertiary/aromatic N) is 3. The number of hydrogen-bond acceptors (Lipinski definition) is 6. The van der Waals surface area contributed by atoms with E-state index < -0.39 is 16.5 Å². The van der Waals surface area contributed by atoms with Gasteiger partial charge in [0, 0.05) is 5.56 Å². The number of hydrazone groups is 1. The molecule has 0 aliphatic carbocycles. The van der Waals surface area contributed by atoms with Crippen LogP contribution >= 0.6 is 23.1 Å². The van der Waals surface area contributed by atoms with E-state index in [1.807, 2.05) is 41.4 Å². The number of rotatable bonds is 7. The summed E-state index contributed by atoms with van der Waals surface area (Å²) in [6.07, 6.45) is 2.34. The Morgan fingerprint density at radius 2 is 1.85 bits per heavy atom. The summed E-state index contributed by atoms with van der Waals surface area (Å²) in [5.41, 5.74) is 9.21. The van der Waals surface area contributed by atoms with Crippen molar-refractivity contribution in [2.24, 2.45) is 10.8 Å². The third kappa shape index (κ3) is 4.10. The van der Waals surface area contributed by atoms with Crippen LogP contribution in [0.4, 0.5) is 13.9 Å². The summed E-state index contributed by atoms with van der Waals surface area (Å²) < 4.78 is 29.9. The van der Waals surface area contributed by atoms with Crippen LogP contribution in [0.1, 0.15) is 36.5 Å². The minimum atomic E-state index is -0.684. The summed E-state index contributed by atoms with van der Waals surface area (Å²) in [6, 6.07) is 19.7. The lowest BCUT2D eigenvalue weighted by Gasteiger charge is -2.35. The van der Waals surface area contributed by atoms with E-state index in [0.717, 1.165) is 40.8 Å². The van der Waals surface area contributed by atoms with E-state index in [9.17, 15) is 8.78 Å². The zero-order chi connectivity index (χ0) is 23.7. The Kier molecular flexibility index (Phi) is 6.38. The molecule has 1 aliphatic heterocycles. The third-order valence-electron chi connectivity index (χ3n) is 5.93. The van der Waals surface area contributed by atoms with E-state index in [0.29, 0.717) is 23.1 Å². The summed E-state index contributed by atoms with van der Waals surface area (Å²) in [5, 5.41) is 7.89. The Hall–Kier alpha value is -2.81. The summed E-state index contributed by atoms with van der Waals surface area (Å²) in [6.45, 7) is 2.63. The van der Waals surface area contributed by atoms with Crippen LogP contribution in [0.2, 0.25) is 0 Å². The molecule has 8 heteroatoms. The Bertz CT molecular complexity index is 1360. The first-order valence-electron chi connectivity index (χ1n) is 11.2. The Morgan fingerprint density at radius 1 is 1.03 bits per heavy atom. The minimum absolute atomic E-state index is 0.148. The SMILES string of the molecule is CCc1ccc2nc(N3N=C(c4cc(F)ccc4F)SC3(CCCN)c3ccccc3)sc2c1. The molecular formula is C26H24F2N4S2. The molecule has 3 aromatic carbocycles. The predicted molar refractivity (Wildman–Crippen MR) is 138 cm³/mol. The second kappa shape index (κ2) is 9.44. The van der Waals surface area contributed by atoms with Gasteiger partial charge in [0.2, 0.25) is 5.13 Å². The molecule has 174 valence electrons. The van der Waals surface area contributed by atoms with Crippen molar-refractivity contribution in [3.63, 3.8) is 0 Å². The van der Waals surface area contributed by atoms with Gasteiger partial charge in [-0.05, 0) is 67.3 Å². The molecular weight excluding hydrogens is 470 g/mol. The molecule has 1 aliphatic rings. The fourth-order valence-electron chi connectivity index (χ4n) is 4.15. The number of nitrogens with two attached hydrogens (primary N) is 1. The summed E-state index contributed by atoms with van der Waals surface area (Å²) in [7, 11) is 0. The molecule has 0 spiro atoms. The number of aryl methyl sites for hydroxylation is 1. The molecule has 0 radical (unpaired) electrons. The lowest BCUT2D eigenvalue weighted by atomic mass is 10.0. The zero-order valence-corrected chi connectivity index (χ0v) is 20.3. The highest BCUT2D eigenvalue weighted by Gasteiger charge is 2.47. The molecule has 0 amide bonds. The van der Waals surface area contributed by atoms with E-state index >= 15 is 0 Å². The maximum absolute atomic E-state index is 14.8. The van der Waals surface area contributed by atoms with Crippen LogP contribution in [-0.2, 0) is 11.3 Å². The van der Waals surface area contributed by atoms with Crippen LogP contribution in [0.25, 0.3) is 10.2 Å². The normalized spacial score (nSPS) is 18.0. The van der Waals surface area contributed by atoms with Crippen molar-refractivity contribution in [3.8, 4) is 0 Å². The van der Waals surface area contributed by atoms with Crippen LogP contribution in [0.3, 0.4) is 0 Å². The molecule has 0 saturated heterocycles. The van der Waals surface area contributed by atoms with Crippen molar-refractivity contribution in [2.45, 2.75) is 31.1 Å².